The fourth-order valence-electron chi connectivity index (χ4n) is 2.81. The average molecular weight is 446 g/mol. The highest BCUT2D eigenvalue weighted by Crippen LogP contribution is 2.28. The van der Waals surface area contributed by atoms with E-state index >= 15 is 0 Å². The Morgan fingerprint density at radius 1 is 1.23 bits per heavy atom. The van der Waals surface area contributed by atoms with Crippen LogP contribution in [0.15, 0.2) is 52.7 Å². The Balaban J connectivity index is 1.61. The molecule has 30 heavy (non-hydrogen) atoms. The van der Waals surface area contributed by atoms with Crippen molar-refractivity contribution < 1.29 is 14.3 Å². The average Bonchev–Trinajstić information content (AvgIpc) is 3.09. The third-order valence-electron chi connectivity index (χ3n) is 4.44. The Morgan fingerprint density at radius 2 is 2.07 bits per heavy atom. The first-order chi connectivity index (χ1) is 14.6. The van der Waals surface area contributed by atoms with Crippen molar-refractivity contribution >= 4 is 40.7 Å². The largest absolute Gasteiger partial charge is 0.493 e. The molecule has 0 saturated carbocycles. The van der Waals surface area contributed by atoms with Crippen LogP contribution in [0.4, 0.5) is 0 Å². The summed E-state index contributed by atoms with van der Waals surface area (Å²) in [6.45, 7) is 2.77. The molecule has 1 amide bonds. The summed E-state index contributed by atoms with van der Waals surface area (Å²) in [6.07, 6.45) is 4.21. The fourth-order valence-corrected chi connectivity index (χ4v) is 3.97. The number of carbonyl (C=O) groups is 1. The molecule has 1 fully saturated rings. The number of hydrogen-bond donors (Lipinski definition) is 1. The molecule has 1 atom stereocenters. The maximum Gasteiger partial charge on any atom is 0.239 e. The van der Waals surface area contributed by atoms with Gasteiger partial charge >= 0.3 is 0 Å². The minimum absolute atomic E-state index is 0.0934. The molecule has 1 saturated heterocycles. The first kappa shape index (κ1) is 22.2. The van der Waals surface area contributed by atoms with Gasteiger partial charge in [0.2, 0.25) is 5.91 Å². The number of amides is 1. The van der Waals surface area contributed by atoms with Crippen molar-refractivity contribution in [2.45, 2.75) is 31.4 Å². The smallest absolute Gasteiger partial charge is 0.239 e. The van der Waals surface area contributed by atoms with Crippen molar-refractivity contribution in [1.29, 1.82) is 0 Å². The number of nitrogens with zero attached hydrogens (tertiary/aromatic N) is 2. The molecule has 2 aromatic carbocycles. The molecule has 1 N–H and O–H groups in total. The van der Waals surface area contributed by atoms with E-state index in [1.807, 2.05) is 42.5 Å². The van der Waals surface area contributed by atoms with Gasteiger partial charge in [0.15, 0.2) is 16.7 Å². The number of amidine groups is 1. The van der Waals surface area contributed by atoms with Gasteiger partial charge in [0.25, 0.3) is 0 Å². The van der Waals surface area contributed by atoms with Crippen LogP contribution < -0.4 is 14.8 Å². The molecule has 0 bridgehead atoms. The van der Waals surface area contributed by atoms with Gasteiger partial charge in [-0.15, -0.1) is 5.10 Å². The molecule has 1 aliphatic rings. The van der Waals surface area contributed by atoms with Crippen LogP contribution in [0.1, 0.15) is 30.9 Å². The van der Waals surface area contributed by atoms with E-state index in [2.05, 4.69) is 22.4 Å². The Labute approximate surface area is 185 Å². The van der Waals surface area contributed by atoms with E-state index in [9.17, 15) is 4.79 Å². The summed E-state index contributed by atoms with van der Waals surface area (Å²) in [5, 5.41) is 11.8. The van der Waals surface area contributed by atoms with Gasteiger partial charge in [-0.05, 0) is 48.2 Å². The highest BCUT2D eigenvalue weighted by atomic mass is 35.5. The molecule has 0 aliphatic carbocycles. The highest BCUT2D eigenvalue weighted by molar-refractivity contribution is 8.15. The van der Waals surface area contributed by atoms with Gasteiger partial charge < -0.3 is 14.8 Å². The standard InChI is InChI=1S/C22H24ClN3O3S/c1-3-4-11-29-18-10-9-15(12-19(18)28-2)14-24-26-22-25-21(27)20(30-22)13-16-7-5-6-8-17(16)23/h5-10,12,14,20H,3-4,11,13H2,1-2H3,(H,25,26,27)/b24-14+. The van der Waals surface area contributed by atoms with Crippen LogP contribution in [-0.4, -0.2) is 36.3 Å². The summed E-state index contributed by atoms with van der Waals surface area (Å²) in [4.78, 5) is 12.2. The van der Waals surface area contributed by atoms with Crippen LogP contribution >= 0.6 is 23.4 Å². The molecular weight excluding hydrogens is 422 g/mol. The number of thioether (sulfide) groups is 1. The van der Waals surface area contributed by atoms with Crippen molar-refractivity contribution in [3.63, 3.8) is 0 Å². The molecule has 158 valence electrons. The van der Waals surface area contributed by atoms with Crippen LogP contribution in [0.5, 0.6) is 11.5 Å². The predicted octanol–water partition coefficient (Wildman–Crippen LogP) is 4.69. The summed E-state index contributed by atoms with van der Waals surface area (Å²) in [6, 6.07) is 13.1. The number of methoxy groups -OCH3 is 1. The summed E-state index contributed by atoms with van der Waals surface area (Å²) < 4.78 is 11.1. The summed E-state index contributed by atoms with van der Waals surface area (Å²) in [7, 11) is 1.60. The maximum absolute atomic E-state index is 12.2. The molecule has 3 rings (SSSR count). The summed E-state index contributed by atoms with van der Waals surface area (Å²) in [5.41, 5.74) is 1.76. The monoisotopic (exact) mass is 445 g/mol. The minimum Gasteiger partial charge on any atom is -0.493 e. The van der Waals surface area contributed by atoms with E-state index in [4.69, 9.17) is 21.1 Å². The number of benzene rings is 2. The summed E-state index contributed by atoms with van der Waals surface area (Å²) in [5.74, 6) is 1.26. The molecule has 1 heterocycles. The normalized spacial score (nSPS) is 17.5. The number of carbonyl (C=O) groups excluding carboxylic acids is 1. The van der Waals surface area contributed by atoms with Gasteiger partial charge in [0.05, 0.1) is 25.2 Å². The fraction of sp³-hybridized carbons (Fsp3) is 0.318. The van der Waals surface area contributed by atoms with E-state index < -0.39 is 0 Å². The van der Waals surface area contributed by atoms with Gasteiger partial charge in [-0.1, -0.05) is 54.9 Å². The molecule has 1 aliphatic heterocycles. The number of ether oxygens (including phenoxy) is 2. The lowest BCUT2D eigenvalue weighted by Crippen LogP contribution is -2.26. The van der Waals surface area contributed by atoms with Crippen LogP contribution in [-0.2, 0) is 11.2 Å². The van der Waals surface area contributed by atoms with Crippen molar-refractivity contribution in [2.24, 2.45) is 10.2 Å². The second-order valence-electron chi connectivity index (χ2n) is 6.65. The Morgan fingerprint density at radius 3 is 2.83 bits per heavy atom. The third-order valence-corrected chi connectivity index (χ3v) is 5.88. The molecule has 6 nitrogen and oxygen atoms in total. The van der Waals surface area contributed by atoms with Crippen LogP contribution in [0.25, 0.3) is 0 Å². The Bertz CT molecular complexity index is 949. The zero-order chi connectivity index (χ0) is 21.3. The van der Waals surface area contributed by atoms with E-state index in [-0.39, 0.29) is 11.2 Å². The quantitative estimate of drug-likeness (QED) is 0.345. The van der Waals surface area contributed by atoms with Gasteiger partial charge in [-0.25, -0.2) is 0 Å². The Hall–Kier alpha value is -2.51. The molecule has 0 aromatic heterocycles. The van der Waals surface area contributed by atoms with Crippen LogP contribution in [0, 0.1) is 0 Å². The Kier molecular flexibility index (Phi) is 8.16. The molecule has 0 radical (unpaired) electrons. The minimum atomic E-state index is -0.279. The molecule has 0 spiro atoms. The lowest BCUT2D eigenvalue weighted by Gasteiger charge is -2.10. The van der Waals surface area contributed by atoms with E-state index in [1.165, 1.54) is 11.8 Å². The zero-order valence-corrected chi connectivity index (χ0v) is 18.5. The number of unbranched alkanes of at least 4 members (excludes halogenated alkanes) is 1. The molecular formula is C22H24ClN3O3S. The lowest BCUT2D eigenvalue weighted by atomic mass is 10.1. The topological polar surface area (TPSA) is 72.3 Å². The van der Waals surface area contributed by atoms with Crippen LogP contribution in [0.2, 0.25) is 5.02 Å². The molecule has 1 unspecified atom stereocenters. The number of halogens is 1. The van der Waals surface area contributed by atoms with Crippen molar-refractivity contribution in [3.8, 4) is 11.5 Å². The lowest BCUT2D eigenvalue weighted by molar-refractivity contribution is -0.118. The number of rotatable bonds is 9. The highest BCUT2D eigenvalue weighted by Gasteiger charge is 2.30. The van der Waals surface area contributed by atoms with Gasteiger partial charge in [-0.3, -0.25) is 4.79 Å². The van der Waals surface area contributed by atoms with Crippen molar-refractivity contribution in [1.82, 2.24) is 5.32 Å². The zero-order valence-electron chi connectivity index (χ0n) is 16.9. The first-order valence-electron chi connectivity index (χ1n) is 9.73. The van der Waals surface area contributed by atoms with E-state index in [1.54, 1.807) is 13.3 Å². The number of nitrogens with one attached hydrogen (secondary N) is 1. The number of hydrogen-bond acceptors (Lipinski definition) is 6. The second kappa shape index (κ2) is 11.0. The molecule has 2 aromatic rings. The predicted molar refractivity (Wildman–Crippen MR) is 123 cm³/mol. The van der Waals surface area contributed by atoms with E-state index in [0.29, 0.717) is 34.7 Å². The van der Waals surface area contributed by atoms with Gasteiger partial charge in [0.1, 0.15) is 0 Å². The second-order valence-corrected chi connectivity index (χ2v) is 8.25. The SMILES string of the molecule is CCCCOc1ccc(/C=N/N=C2\NC(=O)C(Cc3ccccc3Cl)S2)cc1OC. The van der Waals surface area contributed by atoms with E-state index in [0.717, 1.165) is 24.0 Å². The summed E-state index contributed by atoms with van der Waals surface area (Å²) >= 11 is 7.55. The molecule has 8 heteroatoms. The first-order valence-corrected chi connectivity index (χ1v) is 11.0. The van der Waals surface area contributed by atoms with Crippen molar-refractivity contribution in [3.05, 3.63) is 58.6 Å². The van der Waals surface area contributed by atoms with Crippen molar-refractivity contribution in [2.75, 3.05) is 13.7 Å². The van der Waals surface area contributed by atoms with Gasteiger partial charge in [0, 0.05) is 5.02 Å². The third kappa shape index (κ3) is 6.00. The van der Waals surface area contributed by atoms with Gasteiger partial charge in [-0.2, -0.15) is 5.10 Å². The maximum atomic E-state index is 12.2. The van der Waals surface area contributed by atoms with Crippen LogP contribution in [0.3, 0.4) is 0 Å².